The van der Waals surface area contributed by atoms with Gasteiger partial charge < -0.3 is 14.4 Å². The zero-order valence-corrected chi connectivity index (χ0v) is 18.8. The van der Waals surface area contributed by atoms with Gasteiger partial charge in [-0.2, -0.15) is 0 Å². The van der Waals surface area contributed by atoms with Crippen LogP contribution < -0.4 is 13.8 Å². The van der Waals surface area contributed by atoms with Gasteiger partial charge in [-0.05, 0) is 29.8 Å². The number of anilines is 1. The number of sulfonamides is 1. The van der Waals surface area contributed by atoms with E-state index in [2.05, 4.69) is 0 Å². The minimum atomic E-state index is -3.77. The first-order valence-corrected chi connectivity index (χ1v) is 11.1. The maximum atomic E-state index is 12.7. The van der Waals surface area contributed by atoms with E-state index >= 15 is 0 Å². The maximum absolute atomic E-state index is 12.7. The van der Waals surface area contributed by atoms with Crippen LogP contribution >= 0.6 is 23.2 Å². The van der Waals surface area contributed by atoms with Crippen molar-refractivity contribution in [2.75, 3.05) is 38.4 Å². The molecule has 0 bridgehead atoms. The van der Waals surface area contributed by atoms with E-state index in [0.717, 1.165) is 16.1 Å². The number of rotatable bonds is 8. The summed E-state index contributed by atoms with van der Waals surface area (Å²) in [6.45, 7) is -0.164. The Morgan fingerprint density at radius 2 is 1.72 bits per heavy atom. The van der Waals surface area contributed by atoms with Gasteiger partial charge in [-0.3, -0.25) is 9.10 Å². The Kier molecular flexibility index (Phi) is 7.62. The predicted octanol–water partition coefficient (Wildman–Crippen LogP) is 3.44. The van der Waals surface area contributed by atoms with Crippen LogP contribution in [-0.2, 0) is 21.4 Å². The fourth-order valence-corrected chi connectivity index (χ4v) is 3.95. The normalized spacial score (nSPS) is 11.1. The lowest BCUT2D eigenvalue weighted by Gasteiger charge is -2.26. The highest BCUT2D eigenvalue weighted by Gasteiger charge is 2.25. The highest BCUT2D eigenvalue weighted by molar-refractivity contribution is 7.92. The van der Waals surface area contributed by atoms with Crippen LogP contribution in [0.3, 0.4) is 0 Å². The molecule has 2 rings (SSSR count). The third kappa shape index (κ3) is 5.68. The summed E-state index contributed by atoms with van der Waals surface area (Å²) >= 11 is 12.2. The lowest BCUT2D eigenvalue weighted by atomic mass is 10.2. The van der Waals surface area contributed by atoms with E-state index in [1.807, 2.05) is 0 Å². The van der Waals surface area contributed by atoms with Crippen LogP contribution in [-0.4, -0.2) is 53.3 Å². The van der Waals surface area contributed by atoms with Gasteiger partial charge in [0.15, 0.2) is 11.5 Å². The molecule has 0 atom stereocenters. The predicted molar refractivity (Wildman–Crippen MR) is 115 cm³/mol. The highest BCUT2D eigenvalue weighted by Crippen LogP contribution is 2.33. The minimum absolute atomic E-state index is 0.0648. The molecule has 2 aromatic rings. The van der Waals surface area contributed by atoms with Crippen molar-refractivity contribution in [1.29, 1.82) is 0 Å². The molecule has 0 unspecified atom stereocenters. The van der Waals surface area contributed by atoms with Crippen LogP contribution in [0, 0.1) is 0 Å². The molecule has 0 saturated carbocycles. The summed E-state index contributed by atoms with van der Waals surface area (Å²) in [6, 6.07) is 9.90. The summed E-state index contributed by atoms with van der Waals surface area (Å²) in [7, 11) is 0.869. The third-order valence-electron chi connectivity index (χ3n) is 4.17. The number of halogens is 2. The van der Waals surface area contributed by atoms with Crippen LogP contribution in [0.25, 0.3) is 0 Å². The van der Waals surface area contributed by atoms with Gasteiger partial charge in [0.1, 0.15) is 6.54 Å². The number of benzene rings is 2. The second kappa shape index (κ2) is 9.56. The molecule has 0 aliphatic rings. The number of methoxy groups -OCH3 is 2. The van der Waals surface area contributed by atoms with Crippen molar-refractivity contribution in [2.24, 2.45) is 0 Å². The molecular weight excluding hydrogens is 439 g/mol. The molecule has 2 aromatic carbocycles. The molecule has 158 valence electrons. The lowest BCUT2D eigenvalue weighted by molar-refractivity contribution is -0.128. The Balaban J connectivity index is 2.22. The van der Waals surface area contributed by atoms with Crippen LogP contribution in [0.2, 0.25) is 10.0 Å². The average Bonchev–Trinajstić information content (AvgIpc) is 2.67. The SMILES string of the molecule is COc1ccc(CN(C)C(=O)CN(c2cccc(Cl)c2Cl)S(C)(=O)=O)cc1OC. The average molecular weight is 461 g/mol. The van der Waals surface area contributed by atoms with Gasteiger partial charge in [0, 0.05) is 13.6 Å². The maximum Gasteiger partial charge on any atom is 0.243 e. The first kappa shape index (κ1) is 23.1. The molecule has 0 fully saturated rings. The van der Waals surface area contributed by atoms with Gasteiger partial charge in [-0.1, -0.05) is 35.3 Å². The van der Waals surface area contributed by atoms with Crippen LogP contribution in [0.4, 0.5) is 5.69 Å². The van der Waals surface area contributed by atoms with Crippen molar-refractivity contribution in [2.45, 2.75) is 6.54 Å². The first-order valence-electron chi connectivity index (χ1n) is 8.45. The number of likely N-dealkylation sites (N-methyl/N-ethyl adjacent to an activating group) is 1. The van der Waals surface area contributed by atoms with Crippen molar-refractivity contribution in [3.05, 3.63) is 52.0 Å². The monoisotopic (exact) mass is 460 g/mol. The summed E-state index contributed by atoms with van der Waals surface area (Å²) in [6.07, 6.45) is 1.01. The number of ether oxygens (including phenoxy) is 2. The molecule has 7 nitrogen and oxygen atoms in total. The van der Waals surface area contributed by atoms with Gasteiger partial charge in [-0.15, -0.1) is 0 Å². The fourth-order valence-electron chi connectivity index (χ4n) is 2.65. The van der Waals surface area contributed by atoms with Gasteiger partial charge in [0.05, 0.1) is 36.2 Å². The van der Waals surface area contributed by atoms with E-state index < -0.39 is 22.5 Å². The van der Waals surface area contributed by atoms with E-state index in [1.54, 1.807) is 37.4 Å². The van der Waals surface area contributed by atoms with Crippen LogP contribution in [0.15, 0.2) is 36.4 Å². The van der Waals surface area contributed by atoms with Crippen molar-refractivity contribution in [3.8, 4) is 11.5 Å². The van der Waals surface area contributed by atoms with Crippen molar-refractivity contribution in [1.82, 2.24) is 4.90 Å². The molecular formula is C19H22Cl2N2O5S. The Labute approximate surface area is 180 Å². The van der Waals surface area contributed by atoms with E-state index in [-0.39, 0.29) is 22.3 Å². The molecule has 10 heteroatoms. The smallest absolute Gasteiger partial charge is 0.243 e. The van der Waals surface area contributed by atoms with Crippen LogP contribution in [0.5, 0.6) is 11.5 Å². The molecule has 0 aliphatic carbocycles. The molecule has 0 heterocycles. The second-order valence-electron chi connectivity index (χ2n) is 6.28. The fraction of sp³-hybridized carbons (Fsp3) is 0.316. The summed E-state index contributed by atoms with van der Waals surface area (Å²) in [4.78, 5) is 14.2. The quantitative estimate of drug-likeness (QED) is 0.602. The summed E-state index contributed by atoms with van der Waals surface area (Å²) < 4.78 is 36.0. The van der Waals surface area contributed by atoms with Gasteiger partial charge in [0.2, 0.25) is 15.9 Å². The number of hydrogen-bond acceptors (Lipinski definition) is 5. The summed E-state index contributed by atoms with van der Waals surface area (Å²) in [5.41, 5.74) is 0.944. The van der Waals surface area contributed by atoms with E-state index in [0.29, 0.717) is 11.5 Å². The third-order valence-corrected chi connectivity index (χ3v) is 6.11. The minimum Gasteiger partial charge on any atom is -0.493 e. The molecule has 0 spiro atoms. The largest absolute Gasteiger partial charge is 0.493 e. The Bertz CT molecular complexity index is 998. The van der Waals surface area contributed by atoms with E-state index in [9.17, 15) is 13.2 Å². The molecule has 0 aromatic heterocycles. The summed E-state index contributed by atoms with van der Waals surface area (Å²) in [5.74, 6) is 0.694. The molecule has 1 amide bonds. The zero-order chi connectivity index (χ0) is 21.8. The van der Waals surface area contributed by atoms with E-state index in [1.165, 1.54) is 25.2 Å². The molecule has 0 radical (unpaired) electrons. The Morgan fingerprint density at radius 1 is 1.07 bits per heavy atom. The van der Waals surface area contributed by atoms with Gasteiger partial charge >= 0.3 is 0 Å². The van der Waals surface area contributed by atoms with Crippen molar-refractivity contribution in [3.63, 3.8) is 0 Å². The Morgan fingerprint density at radius 3 is 2.31 bits per heavy atom. The molecule has 29 heavy (non-hydrogen) atoms. The second-order valence-corrected chi connectivity index (χ2v) is 8.97. The highest BCUT2D eigenvalue weighted by atomic mass is 35.5. The van der Waals surface area contributed by atoms with Gasteiger partial charge in [0.25, 0.3) is 0 Å². The first-order chi connectivity index (χ1) is 13.6. The van der Waals surface area contributed by atoms with Crippen molar-refractivity contribution >= 4 is 44.8 Å². The number of nitrogens with zero attached hydrogens (tertiary/aromatic N) is 2. The number of carbonyl (C=O) groups excluding carboxylic acids is 1. The van der Waals surface area contributed by atoms with E-state index in [4.69, 9.17) is 32.7 Å². The number of hydrogen-bond donors (Lipinski definition) is 0. The van der Waals surface area contributed by atoms with Crippen molar-refractivity contribution < 1.29 is 22.7 Å². The number of carbonyl (C=O) groups is 1. The molecule has 0 N–H and O–H groups in total. The topological polar surface area (TPSA) is 76.2 Å². The molecule has 0 aliphatic heterocycles. The summed E-state index contributed by atoms with van der Waals surface area (Å²) in [5, 5.41) is 0.263. The standard InChI is InChI=1S/C19H22Cl2N2O5S/c1-22(11-13-8-9-16(27-2)17(10-13)28-3)18(24)12-23(29(4,25)26)15-7-5-6-14(20)19(15)21/h5-10H,11-12H2,1-4H3. The van der Waals surface area contributed by atoms with Crippen LogP contribution in [0.1, 0.15) is 5.56 Å². The lowest BCUT2D eigenvalue weighted by Crippen LogP contribution is -2.41. The zero-order valence-electron chi connectivity index (χ0n) is 16.5. The number of amides is 1. The van der Waals surface area contributed by atoms with Gasteiger partial charge in [-0.25, -0.2) is 8.42 Å². The molecule has 0 saturated heterocycles. The Hall–Kier alpha value is -2.16.